The Hall–Kier alpha value is -3.11. The minimum absolute atomic E-state index is 0.0825. The van der Waals surface area contributed by atoms with Gasteiger partial charge in [-0.3, -0.25) is 4.90 Å². The van der Waals surface area contributed by atoms with Crippen LogP contribution in [0.3, 0.4) is 0 Å². The molecule has 1 aromatic carbocycles. The lowest BCUT2D eigenvalue weighted by atomic mass is 10.0. The fourth-order valence-electron chi connectivity index (χ4n) is 3.30. The lowest BCUT2D eigenvalue weighted by molar-refractivity contribution is 0.110. The first-order valence-corrected chi connectivity index (χ1v) is 8.66. The molecule has 0 radical (unpaired) electrons. The van der Waals surface area contributed by atoms with E-state index in [0.717, 1.165) is 43.6 Å². The maximum Gasteiger partial charge on any atom is 0.244 e. The lowest BCUT2D eigenvalue weighted by Gasteiger charge is -2.32. The quantitative estimate of drug-likeness (QED) is 0.716. The highest BCUT2D eigenvalue weighted by molar-refractivity contribution is 5.57. The normalized spacial score (nSPS) is 17.7. The van der Waals surface area contributed by atoms with E-state index >= 15 is 0 Å². The Labute approximate surface area is 151 Å². The number of nitrogens with zero attached hydrogens (tertiary/aromatic N) is 6. The van der Waals surface area contributed by atoms with Crippen molar-refractivity contribution in [2.24, 2.45) is 0 Å². The Kier molecular flexibility index (Phi) is 4.67. The predicted molar refractivity (Wildman–Crippen MR) is 93.5 cm³/mol. The number of piperidine rings is 1. The van der Waals surface area contributed by atoms with Crippen molar-refractivity contribution >= 4 is 0 Å². The molecule has 130 valence electrons. The van der Waals surface area contributed by atoms with E-state index in [1.807, 2.05) is 18.2 Å². The van der Waals surface area contributed by atoms with Crippen LogP contribution in [0.25, 0.3) is 11.4 Å². The Balaban J connectivity index is 1.57. The summed E-state index contributed by atoms with van der Waals surface area (Å²) in [5, 5.41) is 13.2. The second-order valence-corrected chi connectivity index (χ2v) is 6.33. The average molecular weight is 346 g/mol. The second kappa shape index (κ2) is 7.42. The third-order valence-electron chi connectivity index (χ3n) is 4.60. The fourth-order valence-corrected chi connectivity index (χ4v) is 3.30. The zero-order valence-corrected chi connectivity index (χ0v) is 14.2. The molecule has 2 aromatic heterocycles. The molecule has 1 aliphatic rings. The third kappa shape index (κ3) is 3.46. The van der Waals surface area contributed by atoms with Crippen molar-refractivity contribution in [3.05, 3.63) is 60.0 Å². The van der Waals surface area contributed by atoms with Crippen molar-refractivity contribution in [1.29, 1.82) is 5.26 Å². The number of nitriles is 1. The minimum Gasteiger partial charge on any atom is -0.337 e. The van der Waals surface area contributed by atoms with Crippen molar-refractivity contribution in [1.82, 2.24) is 25.0 Å². The molecule has 0 saturated carbocycles. The molecule has 1 atom stereocenters. The van der Waals surface area contributed by atoms with Gasteiger partial charge in [0, 0.05) is 18.3 Å². The Morgan fingerprint density at radius 2 is 2.23 bits per heavy atom. The smallest absolute Gasteiger partial charge is 0.244 e. The molecule has 1 aliphatic heterocycles. The highest BCUT2D eigenvalue weighted by atomic mass is 16.5. The van der Waals surface area contributed by atoms with Gasteiger partial charge in [0.05, 0.1) is 23.4 Å². The summed E-state index contributed by atoms with van der Waals surface area (Å²) in [6.07, 6.45) is 6.58. The molecule has 7 heteroatoms. The van der Waals surface area contributed by atoms with Crippen LogP contribution in [0.5, 0.6) is 0 Å². The number of hydrogen-bond acceptors (Lipinski definition) is 7. The SMILES string of the molecule is N#Cc1cccc(-c2noc(C3CCCCN3Cc3ccncn3)n2)c1. The van der Waals surface area contributed by atoms with Crippen LogP contribution in [-0.2, 0) is 6.54 Å². The largest absolute Gasteiger partial charge is 0.337 e. The van der Waals surface area contributed by atoms with Crippen LogP contribution >= 0.6 is 0 Å². The van der Waals surface area contributed by atoms with E-state index < -0.39 is 0 Å². The molecule has 0 bridgehead atoms. The Bertz CT molecular complexity index is 917. The number of hydrogen-bond donors (Lipinski definition) is 0. The van der Waals surface area contributed by atoms with Crippen LogP contribution in [0.1, 0.15) is 42.5 Å². The molecule has 3 aromatic rings. The molecule has 0 spiro atoms. The molecule has 3 heterocycles. The van der Waals surface area contributed by atoms with Gasteiger partial charge in [-0.25, -0.2) is 9.97 Å². The zero-order chi connectivity index (χ0) is 17.8. The molecule has 1 saturated heterocycles. The van der Waals surface area contributed by atoms with Crippen LogP contribution in [0.2, 0.25) is 0 Å². The van der Waals surface area contributed by atoms with Crippen molar-refractivity contribution in [2.75, 3.05) is 6.54 Å². The molecular formula is C19H18N6O. The molecule has 1 unspecified atom stereocenters. The summed E-state index contributed by atoms with van der Waals surface area (Å²) in [5.74, 6) is 1.14. The van der Waals surface area contributed by atoms with Crippen LogP contribution < -0.4 is 0 Å². The average Bonchev–Trinajstić information content (AvgIpc) is 3.19. The number of likely N-dealkylation sites (tertiary alicyclic amines) is 1. The zero-order valence-electron chi connectivity index (χ0n) is 14.2. The molecule has 0 amide bonds. The summed E-state index contributed by atoms with van der Waals surface area (Å²) >= 11 is 0. The van der Waals surface area contributed by atoms with Gasteiger partial charge in [-0.2, -0.15) is 10.2 Å². The second-order valence-electron chi connectivity index (χ2n) is 6.33. The molecule has 26 heavy (non-hydrogen) atoms. The number of benzene rings is 1. The van der Waals surface area contributed by atoms with Crippen molar-refractivity contribution in [2.45, 2.75) is 31.8 Å². The van der Waals surface area contributed by atoms with Gasteiger partial charge in [-0.1, -0.05) is 23.7 Å². The Morgan fingerprint density at radius 3 is 3.08 bits per heavy atom. The van der Waals surface area contributed by atoms with Crippen molar-refractivity contribution in [3.8, 4) is 17.5 Å². The topological polar surface area (TPSA) is 91.7 Å². The van der Waals surface area contributed by atoms with E-state index in [-0.39, 0.29) is 6.04 Å². The molecule has 4 rings (SSSR count). The van der Waals surface area contributed by atoms with Crippen LogP contribution in [0, 0.1) is 11.3 Å². The molecule has 7 nitrogen and oxygen atoms in total. The fraction of sp³-hybridized carbons (Fsp3) is 0.316. The van der Waals surface area contributed by atoms with Gasteiger partial charge in [0.15, 0.2) is 0 Å². The first-order valence-electron chi connectivity index (χ1n) is 8.66. The summed E-state index contributed by atoms with van der Waals surface area (Å²) in [4.78, 5) is 15.2. The maximum absolute atomic E-state index is 9.06. The minimum atomic E-state index is 0.0825. The summed E-state index contributed by atoms with van der Waals surface area (Å²) in [6.45, 7) is 1.70. The molecule has 0 aliphatic carbocycles. The molecular weight excluding hydrogens is 328 g/mol. The van der Waals surface area contributed by atoms with E-state index in [4.69, 9.17) is 9.78 Å². The van der Waals surface area contributed by atoms with Gasteiger partial charge in [0.2, 0.25) is 11.7 Å². The van der Waals surface area contributed by atoms with E-state index in [2.05, 4.69) is 31.1 Å². The van der Waals surface area contributed by atoms with E-state index in [1.165, 1.54) is 0 Å². The van der Waals surface area contributed by atoms with Gasteiger partial charge in [0.1, 0.15) is 6.33 Å². The standard InChI is InChI=1S/C19H18N6O/c20-11-14-4-3-5-15(10-14)18-23-19(26-24-18)17-6-1-2-9-25(17)12-16-7-8-21-13-22-16/h3-5,7-8,10,13,17H,1-2,6,9,12H2. The lowest BCUT2D eigenvalue weighted by Crippen LogP contribution is -2.33. The van der Waals surface area contributed by atoms with Gasteiger partial charge in [-0.15, -0.1) is 0 Å². The van der Waals surface area contributed by atoms with Gasteiger partial charge < -0.3 is 4.52 Å². The molecule has 1 fully saturated rings. The van der Waals surface area contributed by atoms with Crippen LogP contribution in [-0.4, -0.2) is 31.6 Å². The summed E-state index contributed by atoms with van der Waals surface area (Å²) < 4.78 is 5.58. The maximum atomic E-state index is 9.06. The number of aromatic nitrogens is 4. The third-order valence-corrected chi connectivity index (χ3v) is 4.60. The van der Waals surface area contributed by atoms with E-state index in [0.29, 0.717) is 17.3 Å². The van der Waals surface area contributed by atoms with E-state index in [9.17, 15) is 0 Å². The molecule has 0 N–H and O–H groups in total. The van der Waals surface area contributed by atoms with Gasteiger partial charge in [0.25, 0.3) is 0 Å². The van der Waals surface area contributed by atoms with Gasteiger partial charge in [-0.05, 0) is 37.6 Å². The summed E-state index contributed by atoms with van der Waals surface area (Å²) in [7, 11) is 0. The summed E-state index contributed by atoms with van der Waals surface area (Å²) in [5.41, 5.74) is 2.35. The monoisotopic (exact) mass is 346 g/mol. The van der Waals surface area contributed by atoms with Crippen molar-refractivity contribution in [3.63, 3.8) is 0 Å². The first-order chi connectivity index (χ1) is 12.8. The highest BCUT2D eigenvalue weighted by Gasteiger charge is 2.29. The number of rotatable bonds is 4. The van der Waals surface area contributed by atoms with Crippen LogP contribution in [0.15, 0.2) is 47.4 Å². The predicted octanol–water partition coefficient (Wildman–Crippen LogP) is 3.13. The Morgan fingerprint density at radius 1 is 1.27 bits per heavy atom. The van der Waals surface area contributed by atoms with E-state index in [1.54, 1.807) is 24.7 Å². The summed E-state index contributed by atoms with van der Waals surface area (Å²) in [6, 6.07) is 11.4. The first kappa shape index (κ1) is 16.4. The van der Waals surface area contributed by atoms with Crippen LogP contribution in [0.4, 0.5) is 0 Å². The van der Waals surface area contributed by atoms with Gasteiger partial charge >= 0.3 is 0 Å². The highest BCUT2D eigenvalue weighted by Crippen LogP contribution is 2.32. The van der Waals surface area contributed by atoms with Crippen molar-refractivity contribution < 1.29 is 4.52 Å².